The average molecular weight is 508 g/mol. The molecule has 1 saturated heterocycles. The number of nitrogens with one attached hydrogen (secondary N) is 2. The van der Waals surface area contributed by atoms with Crippen molar-refractivity contribution in [2.75, 3.05) is 25.5 Å². The summed E-state index contributed by atoms with van der Waals surface area (Å²) in [6, 6.07) is 8.08. The van der Waals surface area contributed by atoms with Gasteiger partial charge in [0.1, 0.15) is 11.4 Å². The number of nitrogens with zero attached hydrogens (tertiary/aromatic N) is 3. The van der Waals surface area contributed by atoms with E-state index < -0.39 is 5.82 Å². The standard InChI is InChI=1S/C27H30FN5O2S/c1-15-12-29-11-8-20(15)31-26-30-13-19(28)22(32-26)23-16(2)21-24(36-23)27(9-10-27)33(25(21)34)14-17-4-6-18(35-3)7-5-17/h4-7,13,15,20,29H,8-12,14H2,1-3H3,(H,30,31,32)/t15-,20+/m1/s1. The summed E-state index contributed by atoms with van der Waals surface area (Å²) in [6.07, 6.45) is 4.05. The number of fused-ring (bicyclic) bond motifs is 2. The van der Waals surface area contributed by atoms with Gasteiger partial charge in [-0.3, -0.25) is 4.79 Å². The third-order valence-electron chi connectivity index (χ3n) is 7.83. The zero-order valence-corrected chi connectivity index (χ0v) is 21.5. The molecule has 1 amide bonds. The monoisotopic (exact) mass is 507 g/mol. The Labute approximate surface area is 214 Å². The normalized spacial score (nSPS) is 22.1. The summed E-state index contributed by atoms with van der Waals surface area (Å²) in [4.78, 5) is 26.2. The molecular weight excluding hydrogens is 477 g/mol. The van der Waals surface area contributed by atoms with Crippen molar-refractivity contribution in [3.05, 3.63) is 57.8 Å². The molecule has 3 aromatic rings. The Hall–Kier alpha value is -3.04. The fourth-order valence-electron chi connectivity index (χ4n) is 5.52. The highest BCUT2D eigenvalue weighted by Crippen LogP contribution is 2.61. The third kappa shape index (κ3) is 3.76. The summed E-state index contributed by atoms with van der Waals surface area (Å²) in [6.45, 7) is 6.51. The van der Waals surface area contributed by atoms with E-state index in [0.29, 0.717) is 18.4 Å². The number of carbonyl (C=O) groups is 1. The van der Waals surface area contributed by atoms with Gasteiger partial charge in [-0.1, -0.05) is 19.1 Å². The molecule has 1 aliphatic carbocycles. The molecule has 0 unspecified atom stereocenters. The molecule has 2 aromatic heterocycles. The van der Waals surface area contributed by atoms with Crippen molar-refractivity contribution >= 4 is 23.2 Å². The quantitative estimate of drug-likeness (QED) is 0.503. The highest BCUT2D eigenvalue weighted by molar-refractivity contribution is 7.16. The molecule has 4 heterocycles. The van der Waals surface area contributed by atoms with Crippen molar-refractivity contribution in [1.82, 2.24) is 20.2 Å². The number of anilines is 1. The maximum absolute atomic E-state index is 15.0. The van der Waals surface area contributed by atoms with Gasteiger partial charge in [0.25, 0.3) is 5.91 Å². The summed E-state index contributed by atoms with van der Waals surface area (Å²) in [5.74, 6) is 1.21. The fraction of sp³-hybridized carbons (Fsp3) is 0.444. The molecule has 1 spiro atoms. The van der Waals surface area contributed by atoms with Gasteiger partial charge in [-0.2, -0.15) is 0 Å². The molecule has 2 N–H and O–H groups in total. The van der Waals surface area contributed by atoms with Crippen LogP contribution in [0.5, 0.6) is 5.75 Å². The van der Waals surface area contributed by atoms with E-state index in [1.54, 1.807) is 7.11 Å². The molecule has 2 fully saturated rings. The van der Waals surface area contributed by atoms with E-state index in [9.17, 15) is 4.79 Å². The maximum Gasteiger partial charge on any atom is 0.256 e. The minimum absolute atomic E-state index is 0.0228. The van der Waals surface area contributed by atoms with Crippen LogP contribution in [-0.2, 0) is 12.1 Å². The van der Waals surface area contributed by atoms with Crippen molar-refractivity contribution < 1.29 is 13.9 Å². The van der Waals surface area contributed by atoms with Crippen LogP contribution in [0.4, 0.5) is 10.3 Å². The first-order valence-corrected chi connectivity index (χ1v) is 13.3. The number of aromatic nitrogens is 2. The molecule has 6 rings (SSSR count). The minimum atomic E-state index is -0.464. The summed E-state index contributed by atoms with van der Waals surface area (Å²) in [7, 11) is 1.64. The smallest absolute Gasteiger partial charge is 0.256 e. The molecule has 7 nitrogen and oxygen atoms in total. The molecule has 2 aliphatic heterocycles. The number of methoxy groups -OCH3 is 1. The van der Waals surface area contributed by atoms with E-state index in [-0.39, 0.29) is 23.2 Å². The van der Waals surface area contributed by atoms with Crippen LogP contribution >= 0.6 is 11.3 Å². The molecule has 0 radical (unpaired) electrons. The molecule has 2 atom stereocenters. The first-order valence-electron chi connectivity index (χ1n) is 12.5. The minimum Gasteiger partial charge on any atom is -0.497 e. The molecular formula is C27H30FN5O2S. The van der Waals surface area contributed by atoms with Crippen LogP contribution in [0.3, 0.4) is 0 Å². The maximum atomic E-state index is 15.0. The lowest BCUT2D eigenvalue weighted by Gasteiger charge is -2.30. The predicted molar refractivity (Wildman–Crippen MR) is 138 cm³/mol. The Morgan fingerprint density at radius 3 is 2.78 bits per heavy atom. The topological polar surface area (TPSA) is 79.4 Å². The zero-order valence-electron chi connectivity index (χ0n) is 20.7. The Morgan fingerprint density at radius 2 is 2.08 bits per heavy atom. The molecule has 188 valence electrons. The van der Waals surface area contributed by atoms with Crippen LogP contribution in [0.1, 0.15) is 52.5 Å². The lowest BCUT2D eigenvalue weighted by molar-refractivity contribution is 0.0684. The predicted octanol–water partition coefficient (Wildman–Crippen LogP) is 4.72. The van der Waals surface area contributed by atoms with Gasteiger partial charge in [-0.25, -0.2) is 14.4 Å². The molecule has 36 heavy (non-hydrogen) atoms. The second-order valence-corrected chi connectivity index (χ2v) is 11.2. The molecule has 3 aliphatic rings. The molecule has 0 bridgehead atoms. The second kappa shape index (κ2) is 8.81. The Bertz CT molecular complexity index is 1320. The molecule has 1 aromatic carbocycles. The summed E-state index contributed by atoms with van der Waals surface area (Å²) >= 11 is 1.51. The molecule has 9 heteroatoms. The van der Waals surface area contributed by atoms with Crippen molar-refractivity contribution in [3.63, 3.8) is 0 Å². The number of hydrogen-bond donors (Lipinski definition) is 2. The van der Waals surface area contributed by atoms with Crippen molar-refractivity contribution in [2.45, 2.75) is 51.2 Å². The number of carbonyl (C=O) groups excluding carboxylic acids is 1. The highest BCUT2D eigenvalue weighted by atomic mass is 32.1. The second-order valence-electron chi connectivity index (χ2n) is 10.1. The van der Waals surface area contributed by atoms with Crippen LogP contribution in [0, 0.1) is 18.7 Å². The number of amides is 1. The lowest BCUT2D eigenvalue weighted by Crippen LogP contribution is -2.42. The van der Waals surface area contributed by atoms with Gasteiger partial charge in [0.15, 0.2) is 5.82 Å². The van der Waals surface area contributed by atoms with E-state index >= 15 is 4.39 Å². The Balaban J connectivity index is 1.30. The van der Waals surface area contributed by atoms with E-state index in [2.05, 4.69) is 27.5 Å². The van der Waals surface area contributed by atoms with Crippen molar-refractivity contribution in [2.24, 2.45) is 5.92 Å². The van der Waals surface area contributed by atoms with Gasteiger partial charge >= 0.3 is 0 Å². The Kier molecular flexibility index (Phi) is 5.72. The van der Waals surface area contributed by atoms with Gasteiger partial charge in [0.2, 0.25) is 5.95 Å². The largest absolute Gasteiger partial charge is 0.497 e. The zero-order chi connectivity index (χ0) is 25.0. The van der Waals surface area contributed by atoms with E-state index in [1.807, 2.05) is 36.1 Å². The highest BCUT2D eigenvalue weighted by Gasteiger charge is 2.59. The van der Waals surface area contributed by atoms with Gasteiger partial charge in [-0.15, -0.1) is 11.3 Å². The molecule has 1 saturated carbocycles. The Morgan fingerprint density at radius 1 is 1.31 bits per heavy atom. The first-order chi connectivity index (χ1) is 17.4. The van der Waals surface area contributed by atoms with E-state index in [0.717, 1.165) is 64.5 Å². The fourth-order valence-corrected chi connectivity index (χ4v) is 7.06. The summed E-state index contributed by atoms with van der Waals surface area (Å²) in [5, 5.41) is 6.80. The lowest BCUT2D eigenvalue weighted by atomic mass is 9.95. The van der Waals surface area contributed by atoms with E-state index in [1.165, 1.54) is 17.5 Å². The van der Waals surface area contributed by atoms with E-state index in [4.69, 9.17) is 4.74 Å². The number of ether oxygens (including phenoxy) is 1. The van der Waals surface area contributed by atoms with Gasteiger partial charge in [0, 0.05) is 17.5 Å². The van der Waals surface area contributed by atoms with Gasteiger partial charge in [-0.05, 0) is 68.5 Å². The SMILES string of the molecule is COc1ccc(CN2C(=O)c3c(sc(-c4nc(N[C@H]5CCNC[C@H]5C)ncc4F)c3C)C23CC3)cc1. The number of halogens is 1. The third-order valence-corrected chi connectivity index (χ3v) is 9.32. The number of thiophene rings is 1. The van der Waals surface area contributed by atoms with Crippen LogP contribution in [-0.4, -0.2) is 47.0 Å². The summed E-state index contributed by atoms with van der Waals surface area (Å²) < 4.78 is 20.3. The van der Waals surface area contributed by atoms with Gasteiger partial charge in [0.05, 0.1) is 29.3 Å². The van der Waals surface area contributed by atoms with Crippen LogP contribution < -0.4 is 15.4 Å². The first kappa shape index (κ1) is 23.4. The van der Waals surface area contributed by atoms with Gasteiger partial charge < -0.3 is 20.3 Å². The van der Waals surface area contributed by atoms with Crippen LogP contribution in [0.2, 0.25) is 0 Å². The van der Waals surface area contributed by atoms with Crippen LogP contribution in [0.15, 0.2) is 30.5 Å². The van der Waals surface area contributed by atoms with Crippen molar-refractivity contribution in [1.29, 1.82) is 0 Å². The number of hydrogen-bond acceptors (Lipinski definition) is 7. The number of benzene rings is 1. The number of piperidine rings is 1. The summed E-state index contributed by atoms with van der Waals surface area (Å²) in [5.41, 5.74) is 2.59. The van der Waals surface area contributed by atoms with Crippen LogP contribution in [0.25, 0.3) is 10.6 Å². The average Bonchev–Trinajstić information content (AvgIpc) is 3.56. The number of rotatable bonds is 6. The van der Waals surface area contributed by atoms with Crippen molar-refractivity contribution in [3.8, 4) is 16.3 Å².